The molecule has 19 heavy (non-hydrogen) atoms. The highest BCUT2D eigenvalue weighted by molar-refractivity contribution is 6.05. The number of amides is 1. The van der Waals surface area contributed by atoms with Gasteiger partial charge in [-0.15, -0.1) is 0 Å². The average molecular weight is 254 g/mol. The topological polar surface area (TPSA) is 42.0 Å². The van der Waals surface area contributed by atoms with Gasteiger partial charge in [-0.3, -0.25) is 9.78 Å². The minimum absolute atomic E-state index is 0.00315. The molecule has 1 saturated carbocycles. The van der Waals surface area contributed by atoms with Gasteiger partial charge in [0.25, 0.3) is 5.91 Å². The number of hydrogen-bond acceptors (Lipinski definition) is 2. The summed E-state index contributed by atoms with van der Waals surface area (Å²) in [5, 5.41) is 4.15. The minimum atomic E-state index is 0.00315. The first-order valence-electron chi connectivity index (χ1n) is 6.88. The number of para-hydroxylation sites is 1. The molecule has 1 aliphatic carbocycles. The molecule has 1 aliphatic rings. The van der Waals surface area contributed by atoms with Crippen LogP contribution in [0, 0.1) is 5.92 Å². The Labute approximate surface area is 113 Å². The third-order valence-corrected chi connectivity index (χ3v) is 3.91. The van der Waals surface area contributed by atoms with E-state index in [1.54, 1.807) is 6.20 Å². The van der Waals surface area contributed by atoms with Crippen LogP contribution in [0.1, 0.15) is 36.5 Å². The van der Waals surface area contributed by atoms with Crippen molar-refractivity contribution in [1.82, 2.24) is 10.3 Å². The maximum absolute atomic E-state index is 12.4. The molecule has 3 rings (SSSR count). The fourth-order valence-electron chi connectivity index (χ4n) is 2.89. The number of pyridine rings is 1. The predicted molar refractivity (Wildman–Crippen MR) is 76.0 cm³/mol. The molecule has 1 N–H and O–H groups in total. The van der Waals surface area contributed by atoms with Crippen molar-refractivity contribution < 1.29 is 4.79 Å². The van der Waals surface area contributed by atoms with Crippen LogP contribution in [0.2, 0.25) is 0 Å². The molecule has 0 spiro atoms. The standard InChI is InChI=1S/C16H18N2O/c1-11-7-8-13(10-11)18-16(19)14-6-2-4-12-5-3-9-17-15(12)14/h2-6,9,11,13H,7-8,10H2,1H3,(H,18,19). The monoisotopic (exact) mass is 254 g/mol. The van der Waals surface area contributed by atoms with Crippen molar-refractivity contribution in [3.8, 4) is 0 Å². The van der Waals surface area contributed by atoms with Gasteiger partial charge >= 0.3 is 0 Å². The fourth-order valence-corrected chi connectivity index (χ4v) is 2.89. The molecular formula is C16H18N2O. The molecule has 2 aromatic rings. The second-order valence-corrected chi connectivity index (χ2v) is 5.47. The van der Waals surface area contributed by atoms with Crippen LogP contribution in [0.15, 0.2) is 36.5 Å². The lowest BCUT2D eigenvalue weighted by molar-refractivity contribution is 0.0939. The molecule has 1 heterocycles. The maximum Gasteiger partial charge on any atom is 0.253 e. The summed E-state index contributed by atoms with van der Waals surface area (Å²) < 4.78 is 0. The summed E-state index contributed by atoms with van der Waals surface area (Å²) in [4.78, 5) is 16.7. The van der Waals surface area contributed by atoms with E-state index >= 15 is 0 Å². The zero-order chi connectivity index (χ0) is 13.2. The highest BCUT2D eigenvalue weighted by atomic mass is 16.1. The Hall–Kier alpha value is -1.90. The molecule has 0 radical (unpaired) electrons. The lowest BCUT2D eigenvalue weighted by Crippen LogP contribution is -2.33. The van der Waals surface area contributed by atoms with Crippen molar-refractivity contribution in [3.63, 3.8) is 0 Å². The number of nitrogens with one attached hydrogen (secondary N) is 1. The molecule has 2 unspecified atom stereocenters. The summed E-state index contributed by atoms with van der Waals surface area (Å²) >= 11 is 0. The Morgan fingerprint density at radius 2 is 2.11 bits per heavy atom. The SMILES string of the molecule is CC1CCC(NC(=O)c2cccc3cccnc23)C1. The second kappa shape index (κ2) is 5.00. The first-order chi connectivity index (χ1) is 9.24. The Kier molecular flexibility index (Phi) is 3.20. The molecule has 98 valence electrons. The zero-order valence-electron chi connectivity index (χ0n) is 11.1. The van der Waals surface area contributed by atoms with E-state index in [9.17, 15) is 4.79 Å². The second-order valence-electron chi connectivity index (χ2n) is 5.47. The Balaban J connectivity index is 1.85. The van der Waals surface area contributed by atoms with Gasteiger partial charge in [-0.25, -0.2) is 0 Å². The van der Waals surface area contributed by atoms with Crippen molar-refractivity contribution >= 4 is 16.8 Å². The Bertz CT molecular complexity index is 603. The normalized spacial score (nSPS) is 22.6. The van der Waals surface area contributed by atoms with Gasteiger partial charge in [-0.2, -0.15) is 0 Å². The number of nitrogens with zero attached hydrogens (tertiary/aromatic N) is 1. The van der Waals surface area contributed by atoms with Crippen LogP contribution >= 0.6 is 0 Å². The number of carbonyl (C=O) groups is 1. The van der Waals surface area contributed by atoms with Crippen molar-refractivity contribution in [1.29, 1.82) is 0 Å². The number of hydrogen-bond donors (Lipinski definition) is 1. The smallest absolute Gasteiger partial charge is 0.253 e. The molecule has 1 amide bonds. The van der Waals surface area contributed by atoms with E-state index in [-0.39, 0.29) is 5.91 Å². The van der Waals surface area contributed by atoms with Crippen molar-refractivity contribution in [2.75, 3.05) is 0 Å². The molecule has 3 heteroatoms. The van der Waals surface area contributed by atoms with E-state index in [1.807, 2.05) is 30.3 Å². The average Bonchev–Trinajstić information content (AvgIpc) is 2.83. The van der Waals surface area contributed by atoms with E-state index in [2.05, 4.69) is 17.2 Å². The molecule has 3 nitrogen and oxygen atoms in total. The van der Waals surface area contributed by atoms with Gasteiger partial charge < -0.3 is 5.32 Å². The summed E-state index contributed by atoms with van der Waals surface area (Å²) in [5.41, 5.74) is 1.46. The van der Waals surface area contributed by atoms with E-state index in [0.29, 0.717) is 11.6 Å². The molecule has 2 atom stereocenters. The quantitative estimate of drug-likeness (QED) is 0.894. The highest BCUT2D eigenvalue weighted by Crippen LogP contribution is 2.25. The molecular weight excluding hydrogens is 236 g/mol. The third kappa shape index (κ3) is 2.46. The van der Waals surface area contributed by atoms with Crippen LogP contribution in [0.5, 0.6) is 0 Å². The number of aromatic nitrogens is 1. The lowest BCUT2D eigenvalue weighted by Gasteiger charge is -2.13. The molecule has 0 saturated heterocycles. The largest absolute Gasteiger partial charge is 0.349 e. The van der Waals surface area contributed by atoms with Gasteiger partial charge in [0, 0.05) is 17.6 Å². The summed E-state index contributed by atoms with van der Waals surface area (Å²) in [6, 6.07) is 9.94. The molecule has 0 bridgehead atoms. The van der Waals surface area contributed by atoms with E-state index in [4.69, 9.17) is 0 Å². The van der Waals surface area contributed by atoms with Crippen LogP contribution in [0.4, 0.5) is 0 Å². The van der Waals surface area contributed by atoms with Crippen LogP contribution in [-0.2, 0) is 0 Å². The van der Waals surface area contributed by atoms with Crippen LogP contribution in [0.3, 0.4) is 0 Å². The van der Waals surface area contributed by atoms with E-state index < -0.39 is 0 Å². The summed E-state index contributed by atoms with van der Waals surface area (Å²) in [7, 11) is 0. The fraction of sp³-hybridized carbons (Fsp3) is 0.375. The molecule has 1 aromatic heterocycles. The Morgan fingerprint density at radius 3 is 2.89 bits per heavy atom. The van der Waals surface area contributed by atoms with Gasteiger partial charge in [0.2, 0.25) is 0 Å². The summed E-state index contributed by atoms with van der Waals surface area (Å²) in [6.45, 7) is 2.24. The number of rotatable bonds is 2. The van der Waals surface area contributed by atoms with E-state index in [0.717, 1.165) is 29.7 Å². The van der Waals surface area contributed by atoms with Crippen LogP contribution < -0.4 is 5.32 Å². The van der Waals surface area contributed by atoms with Gasteiger partial charge in [0.1, 0.15) is 0 Å². The zero-order valence-corrected chi connectivity index (χ0v) is 11.1. The number of carbonyl (C=O) groups excluding carboxylic acids is 1. The molecule has 1 aromatic carbocycles. The molecule has 1 fully saturated rings. The van der Waals surface area contributed by atoms with Gasteiger partial charge in [-0.1, -0.05) is 25.1 Å². The highest BCUT2D eigenvalue weighted by Gasteiger charge is 2.23. The lowest BCUT2D eigenvalue weighted by atomic mass is 10.1. The van der Waals surface area contributed by atoms with Crippen molar-refractivity contribution in [2.24, 2.45) is 5.92 Å². The van der Waals surface area contributed by atoms with Gasteiger partial charge in [0.05, 0.1) is 11.1 Å². The number of fused-ring (bicyclic) bond motifs is 1. The van der Waals surface area contributed by atoms with Crippen LogP contribution in [-0.4, -0.2) is 16.9 Å². The third-order valence-electron chi connectivity index (χ3n) is 3.91. The summed E-state index contributed by atoms with van der Waals surface area (Å²) in [5.74, 6) is 0.722. The predicted octanol–water partition coefficient (Wildman–Crippen LogP) is 3.15. The van der Waals surface area contributed by atoms with Gasteiger partial charge in [0.15, 0.2) is 0 Å². The van der Waals surface area contributed by atoms with Crippen LogP contribution in [0.25, 0.3) is 10.9 Å². The first kappa shape index (κ1) is 12.2. The Morgan fingerprint density at radius 1 is 1.26 bits per heavy atom. The van der Waals surface area contributed by atoms with Crippen molar-refractivity contribution in [2.45, 2.75) is 32.2 Å². The number of benzene rings is 1. The van der Waals surface area contributed by atoms with E-state index in [1.165, 1.54) is 6.42 Å². The maximum atomic E-state index is 12.4. The molecule has 0 aliphatic heterocycles. The summed E-state index contributed by atoms with van der Waals surface area (Å²) in [6.07, 6.45) is 5.12. The minimum Gasteiger partial charge on any atom is -0.349 e. The first-order valence-corrected chi connectivity index (χ1v) is 6.88. The van der Waals surface area contributed by atoms with Gasteiger partial charge in [-0.05, 0) is 37.3 Å². The van der Waals surface area contributed by atoms with Crippen molar-refractivity contribution in [3.05, 3.63) is 42.1 Å².